The maximum absolute atomic E-state index is 14.3. The Morgan fingerprint density at radius 1 is 0.836 bits per heavy atom. The van der Waals surface area contributed by atoms with E-state index in [1.807, 2.05) is 6.26 Å². The first kappa shape index (κ1) is 47.9. The number of nitrogens with one attached hydrogen (secondary N) is 7. The number of carbonyl (C=O) groups is 7. The SMILES string of the molecule is CC[C@H](C)[C@H](NC(=O)[C@H](CO)NC(=O)[C@H](Cc1cnc[nH]1)NC(=O)[C@@H](N)CCSC)C(=O)N[C@@H](Cc1cnc[nH]1)C(=O)N1CCC[C@H]1C(=O)N[C@@H](Cc1ccccc1)C(=O)O. The molecular formula is C40H57N11O9S. The molecule has 3 aromatic rings. The number of carboxylic acid groups (broad SMARTS) is 1. The number of imidazole rings is 2. The standard InChI is InChI=1S/C40H57N11O9S/c1-4-23(2)33(50-36(55)31(20-52)49-35(54)28(16-25-18-42-21-44-25)46-34(53)27(41)12-14-61-3)38(57)47-29(17-26-19-43-22-45-26)39(58)51-13-8-11-32(51)37(56)48-30(40(59)60)15-24-9-6-5-7-10-24/h5-7,9-10,18-19,21-23,27-33,52H,4,8,11-17,20,41H2,1-3H3,(H,42,44)(H,43,45)(H,46,53)(H,47,57)(H,48,56)(H,49,54)(H,50,55)(H,59,60)/t23-,27-,28-,29-,30-,31-,32-,33-/m0/s1. The van der Waals surface area contributed by atoms with E-state index in [0.29, 0.717) is 42.0 Å². The van der Waals surface area contributed by atoms with Crippen LogP contribution in [-0.4, -0.2) is 144 Å². The summed E-state index contributed by atoms with van der Waals surface area (Å²) < 4.78 is 0. The minimum atomic E-state index is -1.55. The summed E-state index contributed by atoms with van der Waals surface area (Å²) in [6.45, 7) is 2.79. The van der Waals surface area contributed by atoms with Crippen molar-refractivity contribution < 1.29 is 43.8 Å². The van der Waals surface area contributed by atoms with Gasteiger partial charge in [-0.1, -0.05) is 50.6 Å². The van der Waals surface area contributed by atoms with E-state index < -0.39 is 96.2 Å². The van der Waals surface area contributed by atoms with Crippen LogP contribution in [0.15, 0.2) is 55.4 Å². The van der Waals surface area contributed by atoms with Gasteiger partial charge in [-0.15, -0.1) is 0 Å². The average molecular weight is 868 g/mol. The lowest BCUT2D eigenvalue weighted by molar-refractivity contribution is -0.145. The lowest BCUT2D eigenvalue weighted by Gasteiger charge is -2.31. The van der Waals surface area contributed by atoms with Crippen molar-refractivity contribution in [3.8, 4) is 0 Å². The number of rotatable bonds is 24. The highest BCUT2D eigenvalue weighted by Crippen LogP contribution is 2.21. The fourth-order valence-corrected chi connectivity index (χ4v) is 7.29. The van der Waals surface area contributed by atoms with Gasteiger partial charge in [0.25, 0.3) is 0 Å². The number of aromatic amines is 2. The molecule has 21 heteroatoms. The maximum Gasteiger partial charge on any atom is 0.326 e. The minimum absolute atomic E-state index is 0.0279. The molecule has 0 unspecified atom stereocenters. The van der Waals surface area contributed by atoms with Gasteiger partial charge in [-0.3, -0.25) is 28.8 Å². The Labute approximate surface area is 357 Å². The summed E-state index contributed by atoms with van der Waals surface area (Å²) >= 11 is 1.51. The molecule has 0 saturated carbocycles. The number of carbonyl (C=O) groups excluding carboxylic acids is 6. The van der Waals surface area contributed by atoms with E-state index in [9.17, 15) is 43.8 Å². The van der Waals surface area contributed by atoms with Crippen molar-refractivity contribution in [2.45, 2.75) is 101 Å². The zero-order valence-corrected chi connectivity index (χ0v) is 35.3. The number of likely N-dealkylation sites (tertiary alicyclic amines) is 1. The van der Waals surface area contributed by atoms with Crippen LogP contribution in [0, 0.1) is 5.92 Å². The Bertz CT molecular complexity index is 1900. The van der Waals surface area contributed by atoms with Gasteiger partial charge in [-0.25, -0.2) is 14.8 Å². The second-order valence-corrected chi connectivity index (χ2v) is 16.0. The van der Waals surface area contributed by atoms with Crippen molar-refractivity contribution in [1.82, 2.24) is 51.4 Å². The number of thioether (sulfide) groups is 1. The number of aromatic nitrogens is 4. The molecule has 0 aliphatic carbocycles. The van der Waals surface area contributed by atoms with Crippen LogP contribution < -0.4 is 32.3 Å². The number of amides is 6. The van der Waals surface area contributed by atoms with Crippen LogP contribution in [-0.2, 0) is 52.8 Å². The molecule has 0 radical (unpaired) electrons. The molecule has 4 rings (SSSR count). The number of H-pyrrole nitrogens is 2. The molecule has 1 aromatic carbocycles. The number of hydrogen-bond donors (Lipinski definition) is 10. The van der Waals surface area contributed by atoms with Crippen LogP contribution in [0.1, 0.15) is 56.5 Å². The van der Waals surface area contributed by atoms with E-state index in [2.05, 4.69) is 46.5 Å². The van der Waals surface area contributed by atoms with Gasteiger partial charge in [-0.2, -0.15) is 11.8 Å². The largest absolute Gasteiger partial charge is 0.480 e. The number of aliphatic hydroxyl groups is 1. The van der Waals surface area contributed by atoms with E-state index in [-0.39, 0.29) is 32.2 Å². The summed E-state index contributed by atoms with van der Waals surface area (Å²) in [7, 11) is 0. The number of nitrogens with two attached hydrogens (primary N) is 1. The highest BCUT2D eigenvalue weighted by Gasteiger charge is 2.40. The van der Waals surface area contributed by atoms with Gasteiger partial charge in [-0.05, 0) is 42.8 Å². The molecule has 1 fully saturated rings. The van der Waals surface area contributed by atoms with Gasteiger partial charge >= 0.3 is 5.97 Å². The molecule has 1 aliphatic rings. The predicted octanol–water partition coefficient (Wildman–Crippen LogP) is -1.22. The Kier molecular flexibility index (Phi) is 18.7. The normalized spacial score (nSPS) is 17.1. The number of nitrogens with zero attached hydrogens (tertiary/aromatic N) is 3. The van der Waals surface area contributed by atoms with Gasteiger partial charge in [0.15, 0.2) is 0 Å². The Balaban J connectivity index is 1.49. The molecule has 332 valence electrons. The van der Waals surface area contributed by atoms with Crippen LogP contribution in [0.25, 0.3) is 0 Å². The molecule has 0 bridgehead atoms. The van der Waals surface area contributed by atoms with Crippen LogP contribution in [0.5, 0.6) is 0 Å². The van der Waals surface area contributed by atoms with Crippen molar-refractivity contribution in [3.05, 3.63) is 72.3 Å². The summed E-state index contributed by atoms with van der Waals surface area (Å²) in [5.74, 6) is -5.43. The minimum Gasteiger partial charge on any atom is -0.480 e. The highest BCUT2D eigenvalue weighted by molar-refractivity contribution is 7.98. The predicted molar refractivity (Wildman–Crippen MR) is 224 cm³/mol. The van der Waals surface area contributed by atoms with Crippen molar-refractivity contribution in [3.63, 3.8) is 0 Å². The van der Waals surface area contributed by atoms with Crippen molar-refractivity contribution in [1.29, 1.82) is 0 Å². The third kappa shape index (κ3) is 14.1. The Hall–Kier alpha value is -5.80. The number of aliphatic hydroxyl groups excluding tert-OH is 1. The van der Waals surface area contributed by atoms with Crippen LogP contribution in [0.3, 0.4) is 0 Å². The van der Waals surface area contributed by atoms with Gasteiger partial charge in [0.05, 0.1) is 25.3 Å². The Morgan fingerprint density at radius 2 is 1.44 bits per heavy atom. The summed E-state index contributed by atoms with van der Waals surface area (Å²) in [4.78, 5) is 109. The van der Waals surface area contributed by atoms with Crippen molar-refractivity contribution >= 4 is 53.2 Å². The van der Waals surface area contributed by atoms with Crippen molar-refractivity contribution in [2.75, 3.05) is 25.2 Å². The van der Waals surface area contributed by atoms with E-state index in [0.717, 1.165) is 0 Å². The van der Waals surface area contributed by atoms with Gasteiger partial charge < -0.3 is 57.4 Å². The number of aliphatic carboxylic acids is 1. The highest BCUT2D eigenvalue weighted by atomic mass is 32.2. The molecule has 0 spiro atoms. The van der Waals surface area contributed by atoms with E-state index in [4.69, 9.17) is 5.73 Å². The molecular weight excluding hydrogens is 811 g/mol. The third-order valence-electron chi connectivity index (χ3n) is 10.5. The first-order chi connectivity index (χ1) is 29.3. The maximum atomic E-state index is 14.3. The van der Waals surface area contributed by atoms with Gasteiger partial charge in [0, 0.05) is 49.6 Å². The Morgan fingerprint density at radius 3 is 2.02 bits per heavy atom. The molecule has 6 amide bonds. The number of hydrogen-bond acceptors (Lipinski definition) is 12. The summed E-state index contributed by atoms with van der Waals surface area (Å²) in [5.41, 5.74) is 7.73. The number of carboxylic acids is 1. The summed E-state index contributed by atoms with van der Waals surface area (Å²) in [5, 5.41) is 33.2. The molecule has 11 N–H and O–H groups in total. The van der Waals surface area contributed by atoms with Crippen LogP contribution in [0.2, 0.25) is 0 Å². The van der Waals surface area contributed by atoms with Crippen molar-refractivity contribution in [2.24, 2.45) is 11.7 Å². The second-order valence-electron chi connectivity index (χ2n) is 15.0. The third-order valence-corrected chi connectivity index (χ3v) is 11.2. The number of benzene rings is 1. The molecule has 1 aliphatic heterocycles. The molecule has 61 heavy (non-hydrogen) atoms. The molecule has 20 nitrogen and oxygen atoms in total. The fourth-order valence-electron chi connectivity index (χ4n) is 6.80. The molecule has 3 heterocycles. The zero-order valence-electron chi connectivity index (χ0n) is 34.5. The van der Waals surface area contributed by atoms with Gasteiger partial charge in [0.1, 0.15) is 36.3 Å². The molecule has 2 aromatic heterocycles. The topological polar surface area (TPSA) is 307 Å². The van der Waals surface area contributed by atoms with Crippen LogP contribution >= 0.6 is 11.8 Å². The average Bonchev–Trinajstić information content (AvgIpc) is 4.07. The smallest absolute Gasteiger partial charge is 0.326 e. The first-order valence-electron chi connectivity index (χ1n) is 20.1. The fraction of sp³-hybridized carbons (Fsp3) is 0.525. The zero-order chi connectivity index (χ0) is 44.5. The van der Waals surface area contributed by atoms with Gasteiger partial charge in [0.2, 0.25) is 35.4 Å². The second kappa shape index (κ2) is 23.8. The molecule has 8 atom stereocenters. The summed E-state index contributed by atoms with van der Waals surface area (Å²) in [6, 6.07) is 0.353. The van der Waals surface area contributed by atoms with Crippen LogP contribution in [0.4, 0.5) is 0 Å². The van der Waals surface area contributed by atoms with E-state index in [1.165, 1.54) is 41.7 Å². The monoisotopic (exact) mass is 867 g/mol. The summed E-state index contributed by atoms with van der Waals surface area (Å²) in [6.07, 6.45) is 9.00. The van der Waals surface area contributed by atoms with E-state index in [1.54, 1.807) is 44.2 Å². The molecule has 1 saturated heterocycles. The lowest BCUT2D eigenvalue weighted by atomic mass is 9.97. The van der Waals surface area contributed by atoms with E-state index >= 15 is 0 Å². The lowest BCUT2D eigenvalue weighted by Crippen LogP contribution is -2.61. The first-order valence-corrected chi connectivity index (χ1v) is 21.5. The quantitative estimate of drug-likeness (QED) is 0.0506.